The fraction of sp³-hybridized carbons (Fsp3) is 0.587. The number of carbonyl (C=O) groups excluding carboxylic acids is 13. The van der Waals surface area contributed by atoms with Crippen molar-refractivity contribution in [3.63, 3.8) is 0 Å². The van der Waals surface area contributed by atoms with E-state index in [-0.39, 0.29) is 83.0 Å². The topological polar surface area (TPSA) is 519 Å². The summed E-state index contributed by atoms with van der Waals surface area (Å²) in [5.41, 5.74) is 40.6. The van der Waals surface area contributed by atoms with Gasteiger partial charge in [-0.1, -0.05) is 74.5 Å². The minimum Gasteiger partial charge on any atom is -0.370 e. The van der Waals surface area contributed by atoms with Gasteiger partial charge < -0.3 is 92.5 Å². The first kappa shape index (κ1) is 78.5. The zero-order chi connectivity index (χ0) is 70.1. The van der Waals surface area contributed by atoms with Gasteiger partial charge in [0.25, 0.3) is 0 Å². The van der Waals surface area contributed by atoms with Gasteiger partial charge in [-0.2, -0.15) is 11.8 Å². The summed E-state index contributed by atoms with van der Waals surface area (Å²) in [6.07, 6.45) is 3.12. The molecule has 22 N–H and O–H groups in total. The fourth-order valence-corrected chi connectivity index (χ4v) is 11.5. The minimum atomic E-state index is -1.64. The first-order valence-electron chi connectivity index (χ1n) is 32.2. The molecular weight excluding hydrogens is 1250 g/mol. The fourth-order valence-electron chi connectivity index (χ4n) is 11.0. The summed E-state index contributed by atoms with van der Waals surface area (Å²) in [6.45, 7) is 3.86. The van der Waals surface area contributed by atoms with Gasteiger partial charge >= 0.3 is 0 Å². The third-order valence-corrected chi connectivity index (χ3v) is 16.7. The second-order valence-electron chi connectivity index (χ2n) is 24.1. The molecule has 0 aromatic heterocycles. The minimum absolute atomic E-state index is 0.0736. The van der Waals surface area contributed by atoms with Crippen molar-refractivity contribution in [2.75, 3.05) is 44.7 Å². The Balaban J connectivity index is 1.56. The second-order valence-corrected chi connectivity index (χ2v) is 25.1. The van der Waals surface area contributed by atoms with Gasteiger partial charge in [-0.25, -0.2) is 0 Å². The van der Waals surface area contributed by atoms with Crippen LogP contribution in [0, 0.1) is 5.92 Å². The lowest BCUT2D eigenvalue weighted by molar-refractivity contribution is -0.144. The van der Waals surface area contributed by atoms with E-state index < -0.39 is 169 Å². The number of amides is 13. The maximum atomic E-state index is 14.7. The Hall–Kier alpha value is -8.91. The highest BCUT2D eigenvalue weighted by Crippen LogP contribution is 2.24. The van der Waals surface area contributed by atoms with Crippen molar-refractivity contribution in [3.05, 3.63) is 71.8 Å². The number of nitrogens with zero attached hydrogens (tertiary/aromatic N) is 3. The second kappa shape index (κ2) is 41.0. The first-order chi connectivity index (χ1) is 45.2. The summed E-state index contributed by atoms with van der Waals surface area (Å²) in [6, 6.07) is 4.51. The van der Waals surface area contributed by atoms with Crippen LogP contribution in [-0.4, -0.2) is 198 Å². The van der Waals surface area contributed by atoms with E-state index in [1.54, 1.807) is 60.7 Å². The van der Waals surface area contributed by atoms with Gasteiger partial charge in [0, 0.05) is 45.3 Å². The van der Waals surface area contributed by atoms with E-state index >= 15 is 0 Å². The van der Waals surface area contributed by atoms with Gasteiger partial charge in [0.2, 0.25) is 76.8 Å². The molecule has 2 aromatic rings. The Labute approximate surface area is 558 Å². The number of carbonyl (C=O) groups is 13. The SMILES string of the molecule is CSCC[C@H](NC(=O)[C@H](CC(C)C)NC(=O)CNC(=O)[C@@H](Cc1ccccc1)NC(=O)[C@H](Cc1ccccc1)NC(=O)[C@H](CCC(N)=O)NC(=O)[C@@H](CCC(N)=O)NC(=O)[C@H]1CCCN1C(=O)[C@H](CCCCN)NC(=O)[C@H]1CCCN1C(=O)[C@@H](N)CCCN=C(N)N)C(N)=O. The predicted octanol–water partition coefficient (Wildman–Crippen LogP) is -3.71. The average Bonchev–Trinajstić information content (AvgIpc) is 1.74. The van der Waals surface area contributed by atoms with Crippen LogP contribution >= 0.6 is 11.8 Å². The quantitative estimate of drug-likeness (QED) is 0.0173. The lowest BCUT2D eigenvalue weighted by Crippen LogP contribution is -2.60. The molecule has 95 heavy (non-hydrogen) atoms. The number of hydrogen-bond acceptors (Lipinski definition) is 17. The Kier molecular flexibility index (Phi) is 33.9. The van der Waals surface area contributed by atoms with E-state index in [4.69, 9.17) is 40.1 Å². The number of benzene rings is 2. The molecule has 10 atom stereocenters. The smallest absolute Gasteiger partial charge is 0.245 e. The van der Waals surface area contributed by atoms with Gasteiger partial charge in [0.05, 0.1) is 12.6 Å². The van der Waals surface area contributed by atoms with Crippen molar-refractivity contribution in [1.29, 1.82) is 0 Å². The summed E-state index contributed by atoms with van der Waals surface area (Å²) in [5, 5.41) is 21.1. The molecule has 2 aliphatic rings. The van der Waals surface area contributed by atoms with E-state index in [1.165, 1.54) is 21.6 Å². The number of aliphatic imine (C=N–C) groups is 1. The van der Waals surface area contributed by atoms with Crippen LogP contribution in [0.25, 0.3) is 0 Å². The van der Waals surface area contributed by atoms with Gasteiger partial charge in [-0.15, -0.1) is 0 Å². The summed E-state index contributed by atoms with van der Waals surface area (Å²) >= 11 is 1.45. The van der Waals surface area contributed by atoms with E-state index in [2.05, 4.69) is 47.5 Å². The van der Waals surface area contributed by atoms with Crippen LogP contribution in [0.1, 0.15) is 121 Å². The zero-order valence-corrected chi connectivity index (χ0v) is 55.3. The number of primary amides is 3. The summed E-state index contributed by atoms with van der Waals surface area (Å²) in [7, 11) is 0. The van der Waals surface area contributed by atoms with Crippen molar-refractivity contribution in [3.8, 4) is 0 Å². The molecule has 0 aliphatic carbocycles. The maximum absolute atomic E-state index is 14.7. The van der Waals surface area contributed by atoms with Crippen molar-refractivity contribution >= 4 is 94.5 Å². The number of nitrogens with one attached hydrogen (secondary N) is 8. The van der Waals surface area contributed by atoms with Crippen LogP contribution in [0.2, 0.25) is 0 Å². The predicted molar refractivity (Wildman–Crippen MR) is 356 cm³/mol. The molecule has 0 unspecified atom stereocenters. The van der Waals surface area contributed by atoms with E-state index in [1.807, 2.05) is 20.1 Å². The Bertz CT molecular complexity index is 2960. The largest absolute Gasteiger partial charge is 0.370 e. The highest BCUT2D eigenvalue weighted by Gasteiger charge is 2.42. The Morgan fingerprint density at radius 3 is 1.51 bits per heavy atom. The molecule has 0 saturated carbocycles. The average molecular weight is 1350 g/mol. The lowest BCUT2D eigenvalue weighted by atomic mass is 10.0. The van der Waals surface area contributed by atoms with Crippen LogP contribution in [0.4, 0.5) is 0 Å². The number of nitrogens with two attached hydrogens (primary N) is 7. The molecular formula is C63H98N18O13S. The molecule has 0 bridgehead atoms. The molecule has 2 heterocycles. The third kappa shape index (κ3) is 27.5. The zero-order valence-electron chi connectivity index (χ0n) is 54.5. The molecule has 4 rings (SSSR count). The normalized spacial score (nSPS) is 16.8. The molecule has 32 heteroatoms. The monoisotopic (exact) mass is 1350 g/mol. The van der Waals surface area contributed by atoms with Crippen LogP contribution in [0.15, 0.2) is 65.7 Å². The molecule has 2 aliphatic heterocycles. The number of likely N-dealkylation sites (tertiary alicyclic amines) is 2. The molecule has 2 saturated heterocycles. The van der Waals surface area contributed by atoms with Crippen LogP contribution in [0.5, 0.6) is 0 Å². The van der Waals surface area contributed by atoms with E-state index in [9.17, 15) is 62.3 Å². The van der Waals surface area contributed by atoms with Gasteiger partial charge in [0.1, 0.15) is 54.4 Å². The van der Waals surface area contributed by atoms with Crippen molar-refractivity contribution in [1.82, 2.24) is 52.3 Å². The van der Waals surface area contributed by atoms with E-state index in [0.717, 1.165) is 0 Å². The van der Waals surface area contributed by atoms with Gasteiger partial charge in [0.15, 0.2) is 5.96 Å². The molecule has 0 spiro atoms. The summed E-state index contributed by atoms with van der Waals surface area (Å²) in [5.74, 6) is -9.80. The van der Waals surface area contributed by atoms with Crippen LogP contribution < -0.4 is 82.7 Å². The lowest BCUT2D eigenvalue weighted by Gasteiger charge is -2.32. The number of hydrogen-bond donors (Lipinski definition) is 15. The van der Waals surface area contributed by atoms with Crippen molar-refractivity contribution < 1.29 is 62.3 Å². The first-order valence-corrected chi connectivity index (χ1v) is 33.6. The molecule has 31 nitrogen and oxygen atoms in total. The Morgan fingerprint density at radius 1 is 0.537 bits per heavy atom. The highest BCUT2D eigenvalue weighted by atomic mass is 32.2. The van der Waals surface area contributed by atoms with E-state index in [0.29, 0.717) is 55.4 Å². The molecule has 2 fully saturated rings. The summed E-state index contributed by atoms with van der Waals surface area (Å²) < 4.78 is 0. The molecule has 2 aromatic carbocycles. The van der Waals surface area contributed by atoms with Crippen molar-refractivity contribution in [2.24, 2.45) is 51.0 Å². The third-order valence-electron chi connectivity index (χ3n) is 16.0. The maximum Gasteiger partial charge on any atom is 0.245 e. The molecule has 13 amide bonds. The molecule has 0 radical (unpaired) electrons. The van der Waals surface area contributed by atoms with Crippen LogP contribution in [-0.2, 0) is 75.2 Å². The Morgan fingerprint density at radius 2 is 1.01 bits per heavy atom. The number of unbranched alkanes of at least 4 members (excludes halogenated alkanes) is 1. The van der Waals surface area contributed by atoms with Gasteiger partial charge in [-0.3, -0.25) is 67.3 Å². The van der Waals surface area contributed by atoms with Crippen LogP contribution in [0.3, 0.4) is 0 Å². The number of guanidine groups is 1. The standard InChI is InChI=1S/C63H98N18O13S/c1-37(2)33-45(57(89)74-41(53(68)85)27-32-95-3)73-52(84)36-72-54(86)46(34-38-15-6-4-7-16-38)78-58(90)47(35-39-17-8-5-9-18-39)79-56(88)42(23-25-50(66)82)75-55(87)43(24-26-51(67)83)76-59(91)49-22-14-31-81(49)62(94)44(20-10-11-28-64)77-60(92)48-21-13-30-80(48)61(93)40(65)19-12-29-71-63(69)70/h4-9,15-18,37,40-49H,10-14,19-36,64-65H2,1-3H3,(H2,66,82)(H2,67,83)(H2,68,85)(H,72,86)(H,73,84)(H,74,89)(H,75,87)(H,76,91)(H,77,92)(H,78,90)(H,79,88)(H4,69,70,71)/t40-,41-,42-,43+,44-,45-,46+,47-,48+,49+/m0/s1. The highest BCUT2D eigenvalue weighted by molar-refractivity contribution is 7.98. The summed E-state index contributed by atoms with van der Waals surface area (Å²) in [4.78, 5) is 185. The number of thioether (sulfide) groups is 1. The number of rotatable bonds is 42. The molecule has 524 valence electrons. The van der Waals surface area contributed by atoms with Crippen molar-refractivity contribution in [2.45, 2.75) is 183 Å². The van der Waals surface area contributed by atoms with Gasteiger partial charge in [-0.05, 0) is 119 Å².